The Labute approximate surface area is 148 Å². The zero-order valence-corrected chi connectivity index (χ0v) is 15.3. The number of carbonyl (C=O) groups is 1. The molecule has 3 rings (SSSR count). The molecule has 0 bridgehead atoms. The maximum atomic E-state index is 12.8. The number of carbonyl (C=O) groups excluding carboxylic acids is 1. The molecule has 2 aliphatic heterocycles. The molecule has 24 heavy (non-hydrogen) atoms. The largest absolute Gasteiger partial charge is 0.339 e. The van der Waals surface area contributed by atoms with Gasteiger partial charge >= 0.3 is 0 Å². The van der Waals surface area contributed by atoms with E-state index in [1.165, 1.54) is 22.5 Å². The van der Waals surface area contributed by atoms with Crippen molar-refractivity contribution in [1.82, 2.24) is 9.21 Å². The lowest BCUT2D eigenvalue weighted by atomic mass is 10.1. The second-order valence-electron chi connectivity index (χ2n) is 6.46. The molecule has 1 aromatic carbocycles. The minimum absolute atomic E-state index is 0.161. The standard InChI is InChI=1S/C17H23ClN2O3S/c18-16-8-7-14(24(22,23)20-11-5-2-6-12-20)13-15(16)17(21)19-9-3-1-4-10-19/h7-8,13H,1-6,9-12H2. The van der Waals surface area contributed by atoms with Gasteiger partial charge in [0.05, 0.1) is 15.5 Å². The van der Waals surface area contributed by atoms with Crippen LogP contribution in [-0.2, 0) is 10.0 Å². The van der Waals surface area contributed by atoms with Gasteiger partial charge in [0.1, 0.15) is 0 Å². The van der Waals surface area contributed by atoms with Gasteiger partial charge in [-0.25, -0.2) is 8.42 Å². The quantitative estimate of drug-likeness (QED) is 0.821. The Hall–Kier alpha value is -1.11. The molecule has 0 atom stereocenters. The highest BCUT2D eigenvalue weighted by Gasteiger charge is 2.28. The predicted octanol–water partition coefficient (Wildman–Crippen LogP) is 3.14. The summed E-state index contributed by atoms with van der Waals surface area (Å²) in [4.78, 5) is 14.6. The smallest absolute Gasteiger partial charge is 0.255 e. The Morgan fingerprint density at radius 1 is 0.917 bits per heavy atom. The molecule has 2 fully saturated rings. The number of hydrogen-bond donors (Lipinski definition) is 0. The Kier molecular flexibility index (Phi) is 5.47. The Morgan fingerprint density at radius 2 is 1.50 bits per heavy atom. The van der Waals surface area contributed by atoms with Gasteiger partial charge in [0.2, 0.25) is 10.0 Å². The molecule has 2 aliphatic rings. The second kappa shape index (κ2) is 7.42. The minimum Gasteiger partial charge on any atom is -0.339 e. The second-order valence-corrected chi connectivity index (χ2v) is 8.80. The fourth-order valence-corrected chi connectivity index (χ4v) is 5.09. The van der Waals surface area contributed by atoms with Crippen LogP contribution in [0.2, 0.25) is 5.02 Å². The van der Waals surface area contributed by atoms with Crippen LogP contribution in [-0.4, -0.2) is 49.7 Å². The number of sulfonamides is 1. The van der Waals surface area contributed by atoms with E-state index < -0.39 is 10.0 Å². The molecule has 132 valence electrons. The fourth-order valence-electron chi connectivity index (χ4n) is 3.35. The van der Waals surface area contributed by atoms with Crippen LogP contribution in [0.1, 0.15) is 48.9 Å². The molecule has 0 saturated carbocycles. The number of hydrogen-bond acceptors (Lipinski definition) is 3. The van der Waals surface area contributed by atoms with Gasteiger partial charge in [0.25, 0.3) is 5.91 Å². The Morgan fingerprint density at radius 3 is 2.12 bits per heavy atom. The van der Waals surface area contributed by atoms with E-state index in [1.54, 1.807) is 4.90 Å². The van der Waals surface area contributed by atoms with Crippen LogP contribution in [0.3, 0.4) is 0 Å². The van der Waals surface area contributed by atoms with E-state index in [2.05, 4.69) is 0 Å². The van der Waals surface area contributed by atoms with Crippen LogP contribution in [0.4, 0.5) is 0 Å². The maximum Gasteiger partial charge on any atom is 0.255 e. The maximum absolute atomic E-state index is 12.8. The van der Waals surface area contributed by atoms with Crippen molar-refractivity contribution in [3.05, 3.63) is 28.8 Å². The third-order valence-corrected chi connectivity index (χ3v) is 6.99. The average molecular weight is 371 g/mol. The highest BCUT2D eigenvalue weighted by molar-refractivity contribution is 7.89. The van der Waals surface area contributed by atoms with E-state index in [4.69, 9.17) is 11.6 Å². The third kappa shape index (κ3) is 3.60. The lowest BCUT2D eigenvalue weighted by molar-refractivity contribution is 0.0724. The summed E-state index contributed by atoms with van der Waals surface area (Å²) in [5.74, 6) is -0.171. The molecular formula is C17H23ClN2O3S. The number of benzene rings is 1. The van der Waals surface area contributed by atoms with Crippen molar-refractivity contribution in [2.24, 2.45) is 0 Å². The lowest BCUT2D eigenvalue weighted by Crippen LogP contribution is -2.37. The molecule has 0 spiro atoms. The van der Waals surface area contributed by atoms with Gasteiger partial charge < -0.3 is 4.90 Å². The first kappa shape index (κ1) is 17.7. The highest BCUT2D eigenvalue weighted by Crippen LogP contribution is 2.26. The van der Waals surface area contributed by atoms with E-state index in [1.807, 2.05) is 0 Å². The summed E-state index contributed by atoms with van der Waals surface area (Å²) < 4.78 is 27.1. The molecule has 0 radical (unpaired) electrons. The first-order valence-electron chi connectivity index (χ1n) is 8.59. The summed E-state index contributed by atoms with van der Waals surface area (Å²) in [5, 5.41) is 0.308. The van der Waals surface area contributed by atoms with Gasteiger partial charge in [-0.1, -0.05) is 18.0 Å². The number of amides is 1. The summed E-state index contributed by atoms with van der Waals surface area (Å²) in [5.41, 5.74) is 0.289. The van der Waals surface area contributed by atoms with Gasteiger partial charge in [0.15, 0.2) is 0 Å². The third-order valence-electron chi connectivity index (χ3n) is 4.76. The van der Waals surface area contributed by atoms with Crippen LogP contribution >= 0.6 is 11.6 Å². The molecule has 2 heterocycles. The van der Waals surface area contributed by atoms with Crippen molar-refractivity contribution in [3.63, 3.8) is 0 Å². The van der Waals surface area contributed by atoms with E-state index in [9.17, 15) is 13.2 Å². The van der Waals surface area contributed by atoms with E-state index in [-0.39, 0.29) is 16.4 Å². The van der Waals surface area contributed by atoms with Crippen LogP contribution in [0.25, 0.3) is 0 Å². The monoisotopic (exact) mass is 370 g/mol. The van der Waals surface area contributed by atoms with Gasteiger partial charge in [-0.15, -0.1) is 0 Å². The predicted molar refractivity (Wildman–Crippen MR) is 93.8 cm³/mol. The number of nitrogens with zero attached hydrogens (tertiary/aromatic N) is 2. The molecule has 0 aromatic heterocycles. The SMILES string of the molecule is O=C(c1cc(S(=O)(=O)N2CCCCC2)ccc1Cl)N1CCCCC1. The van der Waals surface area contributed by atoms with Crippen molar-refractivity contribution >= 4 is 27.5 Å². The summed E-state index contributed by atoms with van der Waals surface area (Å²) in [6, 6.07) is 4.47. The zero-order valence-electron chi connectivity index (χ0n) is 13.7. The van der Waals surface area contributed by atoms with Gasteiger partial charge in [-0.05, 0) is 50.3 Å². The number of halogens is 1. The minimum atomic E-state index is -3.56. The molecular weight excluding hydrogens is 348 g/mol. The molecule has 5 nitrogen and oxygen atoms in total. The number of piperidine rings is 2. The summed E-state index contributed by atoms with van der Waals surface area (Å²) in [6.07, 6.45) is 5.91. The van der Waals surface area contributed by atoms with Gasteiger partial charge in [-0.2, -0.15) is 4.31 Å². The molecule has 0 aliphatic carbocycles. The first-order valence-corrected chi connectivity index (χ1v) is 10.4. The molecule has 1 amide bonds. The molecule has 0 unspecified atom stereocenters. The van der Waals surface area contributed by atoms with Crippen LogP contribution in [0.5, 0.6) is 0 Å². The van der Waals surface area contributed by atoms with Crippen molar-refractivity contribution in [3.8, 4) is 0 Å². The first-order chi connectivity index (χ1) is 11.5. The van der Waals surface area contributed by atoms with E-state index in [0.29, 0.717) is 31.2 Å². The van der Waals surface area contributed by atoms with Crippen LogP contribution in [0.15, 0.2) is 23.1 Å². The number of likely N-dealkylation sites (tertiary alicyclic amines) is 1. The van der Waals surface area contributed by atoms with Crippen LogP contribution in [0, 0.1) is 0 Å². The molecule has 7 heteroatoms. The molecule has 0 N–H and O–H groups in total. The topological polar surface area (TPSA) is 57.7 Å². The van der Waals surface area contributed by atoms with Crippen molar-refractivity contribution in [2.75, 3.05) is 26.2 Å². The summed E-state index contributed by atoms with van der Waals surface area (Å²) in [7, 11) is -3.56. The van der Waals surface area contributed by atoms with Gasteiger partial charge in [0, 0.05) is 26.2 Å². The van der Waals surface area contributed by atoms with Gasteiger partial charge in [-0.3, -0.25) is 4.79 Å². The Balaban J connectivity index is 1.89. The van der Waals surface area contributed by atoms with E-state index >= 15 is 0 Å². The highest BCUT2D eigenvalue weighted by atomic mass is 35.5. The molecule has 2 saturated heterocycles. The summed E-state index contributed by atoms with van der Waals surface area (Å²) in [6.45, 7) is 2.50. The fraction of sp³-hybridized carbons (Fsp3) is 0.588. The van der Waals surface area contributed by atoms with Crippen molar-refractivity contribution in [1.29, 1.82) is 0 Å². The van der Waals surface area contributed by atoms with E-state index in [0.717, 1.165) is 38.5 Å². The van der Waals surface area contributed by atoms with Crippen molar-refractivity contribution in [2.45, 2.75) is 43.4 Å². The summed E-state index contributed by atoms with van der Waals surface area (Å²) >= 11 is 6.19. The zero-order chi connectivity index (χ0) is 17.2. The normalized spacial score (nSPS) is 20.1. The lowest BCUT2D eigenvalue weighted by Gasteiger charge is -2.28. The van der Waals surface area contributed by atoms with Crippen LogP contribution < -0.4 is 0 Å². The Bertz CT molecular complexity index is 709. The average Bonchev–Trinajstić information content (AvgIpc) is 2.63. The number of rotatable bonds is 3. The van der Waals surface area contributed by atoms with Crippen molar-refractivity contribution < 1.29 is 13.2 Å². The molecule has 1 aromatic rings.